The first-order chi connectivity index (χ1) is 14.9. The summed E-state index contributed by atoms with van der Waals surface area (Å²) >= 11 is 0. The number of benzene rings is 2. The van der Waals surface area contributed by atoms with Crippen molar-refractivity contribution >= 4 is 11.8 Å². The van der Waals surface area contributed by atoms with Crippen LogP contribution in [0.15, 0.2) is 60.9 Å². The van der Waals surface area contributed by atoms with Gasteiger partial charge in [0.25, 0.3) is 0 Å². The second kappa shape index (κ2) is 8.35. The van der Waals surface area contributed by atoms with E-state index in [0.717, 1.165) is 17.1 Å². The molecule has 2 aromatic carbocycles. The van der Waals surface area contributed by atoms with Crippen LogP contribution in [0.4, 0.5) is 0 Å². The molecular formula is C23H21N5O3. The Bertz CT molecular complexity index is 1240. The number of carbonyl (C=O) groups excluding carboxylic acids is 2. The van der Waals surface area contributed by atoms with Crippen molar-refractivity contribution < 1.29 is 14.3 Å². The lowest BCUT2D eigenvalue weighted by Crippen LogP contribution is -2.15. The lowest BCUT2D eigenvalue weighted by molar-refractivity contribution is 0.0474. The minimum absolute atomic E-state index is 0.253. The van der Waals surface area contributed by atoms with Crippen LogP contribution < -0.4 is 0 Å². The van der Waals surface area contributed by atoms with Crippen LogP contribution in [0, 0.1) is 20.8 Å². The molecule has 0 amide bonds. The summed E-state index contributed by atoms with van der Waals surface area (Å²) in [6.07, 6.45) is 1.43. The summed E-state index contributed by atoms with van der Waals surface area (Å²) in [7, 11) is 0. The maximum atomic E-state index is 12.8. The van der Waals surface area contributed by atoms with Gasteiger partial charge < -0.3 is 9.30 Å². The van der Waals surface area contributed by atoms with Crippen molar-refractivity contribution in [3.63, 3.8) is 0 Å². The number of aromatic nitrogens is 5. The van der Waals surface area contributed by atoms with Crippen molar-refractivity contribution in [1.82, 2.24) is 24.8 Å². The van der Waals surface area contributed by atoms with Crippen molar-refractivity contribution in [1.29, 1.82) is 0 Å². The standard InChI is InChI=1S/C23H21N5O3/c1-15-7-9-19(10-8-15)28-16(2)11-21(17(28)3)22(29)13-31-23(30)18-5-4-6-20(12-18)27-14-24-25-26-27/h4-12,14H,13H2,1-3H3. The molecule has 8 heteroatoms. The molecule has 0 saturated heterocycles. The van der Waals surface area contributed by atoms with E-state index < -0.39 is 5.97 Å². The summed E-state index contributed by atoms with van der Waals surface area (Å²) in [5.74, 6) is -0.841. The van der Waals surface area contributed by atoms with Crippen LogP contribution in [0.1, 0.15) is 37.7 Å². The number of Topliss-reactive ketones (excluding diaryl/α,β-unsaturated/α-hetero) is 1. The summed E-state index contributed by atoms with van der Waals surface area (Å²) in [5, 5.41) is 11.0. The van der Waals surface area contributed by atoms with Crippen LogP contribution in [-0.4, -0.2) is 43.1 Å². The SMILES string of the molecule is Cc1ccc(-n2c(C)cc(C(=O)COC(=O)c3cccc(-n4cnnn4)c3)c2C)cc1. The Labute approximate surface area is 179 Å². The maximum absolute atomic E-state index is 12.8. The summed E-state index contributed by atoms with van der Waals surface area (Å²) in [6.45, 7) is 5.52. The van der Waals surface area contributed by atoms with Gasteiger partial charge in [-0.15, -0.1) is 5.10 Å². The molecule has 8 nitrogen and oxygen atoms in total. The van der Waals surface area contributed by atoms with Gasteiger partial charge in [0.05, 0.1) is 11.3 Å². The van der Waals surface area contributed by atoms with Gasteiger partial charge in [-0.1, -0.05) is 23.8 Å². The van der Waals surface area contributed by atoms with E-state index in [1.807, 2.05) is 55.7 Å². The second-order valence-corrected chi connectivity index (χ2v) is 7.26. The van der Waals surface area contributed by atoms with Crippen molar-refractivity contribution in [2.24, 2.45) is 0 Å². The molecule has 0 spiro atoms. The molecule has 0 unspecified atom stereocenters. The lowest BCUT2D eigenvalue weighted by Gasteiger charge is -2.10. The first kappa shape index (κ1) is 20.2. The molecule has 4 aromatic rings. The molecule has 0 radical (unpaired) electrons. The Morgan fingerprint density at radius 2 is 1.74 bits per heavy atom. The van der Waals surface area contributed by atoms with Crippen molar-refractivity contribution in [2.75, 3.05) is 6.61 Å². The van der Waals surface area contributed by atoms with Gasteiger partial charge in [0.1, 0.15) is 6.33 Å². The fraction of sp³-hybridized carbons (Fsp3) is 0.174. The number of ether oxygens (including phenoxy) is 1. The minimum Gasteiger partial charge on any atom is -0.454 e. The van der Waals surface area contributed by atoms with E-state index in [9.17, 15) is 9.59 Å². The maximum Gasteiger partial charge on any atom is 0.338 e. The quantitative estimate of drug-likeness (QED) is 0.354. The second-order valence-electron chi connectivity index (χ2n) is 7.26. The van der Waals surface area contributed by atoms with Gasteiger partial charge in [0, 0.05) is 22.6 Å². The molecule has 0 saturated carbocycles. The molecule has 0 fully saturated rings. The van der Waals surface area contributed by atoms with Crippen LogP contribution >= 0.6 is 0 Å². The first-order valence-electron chi connectivity index (χ1n) is 9.74. The van der Waals surface area contributed by atoms with E-state index in [1.165, 1.54) is 16.6 Å². The normalized spacial score (nSPS) is 10.8. The summed E-state index contributed by atoms with van der Waals surface area (Å²) in [5.41, 5.74) is 5.36. The van der Waals surface area contributed by atoms with Crippen LogP contribution in [-0.2, 0) is 4.74 Å². The Kier molecular flexibility index (Phi) is 5.44. The molecule has 2 heterocycles. The molecule has 0 aliphatic carbocycles. The molecule has 31 heavy (non-hydrogen) atoms. The number of hydrogen-bond acceptors (Lipinski definition) is 6. The summed E-state index contributed by atoms with van der Waals surface area (Å²) in [6, 6.07) is 16.6. The molecule has 0 aliphatic heterocycles. The van der Waals surface area contributed by atoms with Crippen molar-refractivity contribution in [3.8, 4) is 11.4 Å². The van der Waals surface area contributed by atoms with Crippen LogP contribution in [0.3, 0.4) is 0 Å². The molecular weight excluding hydrogens is 394 g/mol. The number of hydrogen-bond donors (Lipinski definition) is 0. The van der Waals surface area contributed by atoms with Gasteiger partial charge in [0.15, 0.2) is 6.61 Å². The van der Waals surface area contributed by atoms with Gasteiger partial charge in [-0.2, -0.15) is 0 Å². The van der Waals surface area contributed by atoms with E-state index in [0.29, 0.717) is 16.8 Å². The van der Waals surface area contributed by atoms with Crippen molar-refractivity contribution in [3.05, 3.63) is 89.0 Å². The van der Waals surface area contributed by atoms with Crippen LogP contribution in [0.25, 0.3) is 11.4 Å². The van der Waals surface area contributed by atoms with E-state index in [-0.39, 0.29) is 12.4 Å². The molecule has 0 atom stereocenters. The zero-order chi connectivity index (χ0) is 22.0. The summed E-state index contributed by atoms with van der Waals surface area (Å²) < 4.78 is 8.73. The number of nitrogens with zero attached hydrogens (tertiary/aromatic N) is 5. The third kappa shape index (κ3) is 4.13. The molecule has 156 valence electrons. The Morgan fingerprint density at radius 1 is 0.968 bits per heavy atom. The zero-order valence-corrected chi connectivity index (χ0v) is 17.4. The van der Waals surface area contributed by atoms with E-state index >= 15 is 0 Å². The predicted octanol–water partition coefficient (Wildman–Crippen LogP) is 3.42. The zero-order valence-electron chi connectivity index (χ0n) is 17.4. The van der Waals surface area contributed by atoms with Crippen molar-refractivity contribution in [2.45, 2.75) is 20.8 Å². The fourth-order valence-corrected chi connectivity index (χ4v) is 3.48. The van der Waals surface area contributed by atoms with E-state index in [4.69, 9.17) is 4.74 Å². The highest BCUT2D eigenvalue weighted by Gasteiger charge is 2.19. The molecule has 0 N–H and O–H groups in total. The minimum atomic E-state index is -0.587. The number of rotatable bonds is 6. The van der Waals surface area contributed by atoms with Gasteiger partial charge in [-0.25, -0.2) is 9.48 Å². The highest BCUT2D eigenvalue weighted by Crippen LogP contribution is 2.22. The number of tetrazole rings is 1. The number of ketones is 1. The van der Waals surface area contributed by atoms with Crippen LogP contribution in [0.5, 0.6) is 0 Å². The highest BCUT2D eigenvalue weighted by molar-refractivity contribution is 6.00. The molecule has 0 aliphatic rings. The lowest BCUT2D eigenvalue weighted by atomic mass is 10.1. The van der Waals surface area contributed by atoms with E-state index in [1.54, 1.807) is 24.3 Å². The first-order valence-corrected chi connectivity index (χ1v) is 9.74. The number of carbonyl (C=O) groups is 2. The Morgan fingerprint density at radius 3 is 2.45 bits per heavy atom. The highest BCUT2D eigenvalue weighted by atomic mass is 16.5. The van der Waals surface area contributed by atoms with Gasteiger partial charge in [0.2, 0.25) is 5.78 Å². The third-order valence-electron chi connectivity index (χ3n) is 5.05. The molecule has 0 bridgehead atoms. The number of aryl methyl sites for hydroxylation is 2. The number of esters is 1. The van der Waals surface area contributed by atoms with Gasteiger partial charge >= 0.3 is 5.97 Å². The largest absolute Gasteiger partial charge is 0.454 e. The fourth-order valence-electron chi connectivity index (χ4n) is 3.48. The van der Waals surface area contributed by atoms with E-state index in [2.05, 4.69) is 15.5 Å². The van der Waals surface area contributed by atoms with Gasteiger partial charge in [-0.05, 0) is 67.6 Å². The summed E-state index contributed by atoms with van der Waals surface area (Å²) in [4.78, 5) is 25.3. The predicted molar refractivity (Wildman–Crippen MR) is 114 cm³/mol. The van der Waals surface area contributed by atoms with Gasteiger partial charge in [-0.3, -0.25) is 4.79 Å². The van der Waals surface area contributed by atoms with Crippen LogP contribution in [0.2, 0.25) is 0 Å². The monoisotopic (exact) mass is 415 g/mol. The Balaban J connectivity index is 1.48. The smallest absolute Gasteiger partial charge is 0.338 e. The topological polar surface area (TPSA) is 91.9 Å². The average Bonchev–Trinajstić information content (AvgIpc) is 3.41. The molecule has 4 rings (SSSR count). The average molecular weight is 415 g/mol. The Hall–Kier alpha value is -4.07. The molecule has 2 aromatic heterocycles. The third-order valence-corrected chi connectivity index (χ3v) is 5.05.